The molecule has 0 fully saturated rings. The van der Waals surface area contributed by atoms with Crippen LogP contribution in [0, 0.1) is 20.8 Å². The Morgan fingerprint density at radius 1 is 0.438 bits per heavy atom. The van der Waals surface area contributed by atoms with Crippen LogP contribution in [0.15, 0.2) is 121 Å². The number of benzene rings is 7. The van der Waals surface area contributed by atoms with E-state index in [-0.39, 0.29) is 11.5 Å². The lowest BCUT2D eigenvalue weighted by Gasteiger charge is -2.22. The lowest BCUT2D eigenvalue weighted by atomic mass is 9.88. The van der Waals surface area contributed by atoms with Gasteiger partial charge in [-0.15, -0.1) is 0 Å². The largest absolute Gasteiger partial charge is 0.507 e. The number of aryl methyl sites for hydroxylation is 3. The highest BCUT2D eigenvalue weighted by Crippen LogP contribution is 2.50. The summed E-state index contributed by atoms with van der Waals surface area (Å²) in [6, 6.07) is 40.9. The summed E-state index contributed by atoms with van der Waals surface area (Å²) >= 11 is 0. The third-order valence-corrected chi connectivity index (χ3v) is 9.02. The lowest BCUT2D eigenvalue weighted by Crippen LogP contribution is -2.07. The van der Waals surface area contributed by atoms with Crippen LogP contribution in [0.3, 0.4) is 0 Å². The zero-order valence-corrected chi connectivity index (χ0v) is 27.7. The Kier molecular flexibility index (Phi) is 8.34. The number of fused-ring (bicyclic) bond motifs is 2. The molecule has 0 aliphatic rings. The molecule has 0 aliphatic heterocycles. The maximum absolute atomic E-state index is 12.1. The number of ether oxygens (including phenoxy) is 2. The molecule has 4 nitrogen and oxygen atoms in total. The van der Waals surface area contributed by atoms with Crippen molar-refractivity contribution < 1.29 is 19.7 Å². The minimum absolute atomic E-state index is 0.176. The van der Waals surface area contributed by atoms with E-state index < -0.39 is 0 Å². The molecule has 0 atom stereocenters. The number of methoxy groups -OCH3 is 1. The highest BCUT2D eigenvalue weighted by Gasteiger charge is 2.24. The van der Waals surface area contributed by atoms with Crippen molar-refractivity contribution in [2.24, 2.45) is 0 Å². The number of hydrogen-bond donors (Lipinski definition) is 2. The molecule has 0 aromatic heterocycles. The van der Waals surface area contributed by atoms with Crippen molar-refractivity contribution in [3.63, 3.8) is 0 Å². The molecule has 0 bridgehead atoms. The van der Waals surface area contributed by atoms with Crippen molar-refractivity contribution >= 4 is 21.5 Å². The van der Waals surface area contributed by atoms with Gasteiger partial charge in [-0.1, -0.05) is 84.9 Å². The van der Waals surface area contributed by atoms with E-state index in [1.54, 1.807) is 7.11 Å². The van der Waals surface area contributed by atoms with Gasteiger partial charge in [-0.05, 0) is 107 Å². The van der Waals surface area contributed by atoms with Gasteiger partial charge in [0.2, 0.25) is 0 Å². The topological polar surface area (TPSA) is 58.9 Å². The van der Waals surface area contributed by atoms with Crippen molar-refractivity contribution in [3.05, 3.63) is 138 Å². The second-order valence-electron chi connectivity index (χ2n) is 12.5. The summed E-state index contributed by atoms with van der Waals surface area (Å²) in [7, 11) is 1.64. The van der Waals surface area contributed by atoms with Crippen LogP contribution in [0.2, 0.25) is 0 Å². The van der Waals surface area contributed by atoms with Crippen LogP contribution in [-0.2, 0) is 4.74 Å². The van der Waals surface area contributed by atoms with Crippen molar-refractivity contribution in [1.29, 1.82) is 0 Å². The zero-order valence-electron chi connectivity index (χ0n) is 27.7. The number of rotatable bonds is 8. The van der Waals surface area contributed by atoms with Crippen LogP contribution < -0.4 is 4.74 Å². The second-order valence-corrected chi connectivity index (χ2v) is 12.5. The van der Waals surface area contributed by atoms with Gasteiger partial charge in [-0.3, -0.25) is 0 Å². The SMILES string of the molecule is COCCOc1c(-c2cc(C)cc(-c3cccc4ccccc34)c2O)cc(C)cc1-c1cc(C)cc(-c2cccc3ccccc23)c1O. The molecule has 7 rings (SSSR count). The highest BCUT2D eigenvalue weighted by molar-refractivity contribution is 6.02. The van der Waals surface area contributed by atoms with Gasteiger partial charge in [0.1, 0.15) is 23.9 Å². The van der Waals surface area contributed by atoms with E-state index in [9.17, 15) is 10.2 Å². The third-order valence-electron chi connectivity index (χ3n) is 9.02. The first kappa shape index (κ1) is 31.0. The normalized spacial score (nSPS) is 11.3. The van der Waals surface area contributed by atoms with Crippen LogP contribution in [0.25, 0.3) is 66.1 Å². The van der Waals surface area contributed by atoms with E-state index in [2.05, 4.69) is 48.5 Å². The molecule has 0 radical (unpaired) electrons. The van der Waals surface area contributed by atoms with Crippen molar-refractivity contribution in [1.82, 2.24) is 0 Å². The van der Waals surface area contributed by atoms with Crippen LogP contribution >= 0.6 is 0 Å². The van der Waals surface area contributed by atoms with Gasteiger partial charge in [0.15, 0.2) is 0 Å². The molecule has 0 saturated heterocycles. The van der Waals surface area contributed by atoms with E-state index >= 15 is 0 Å². The summed E-state index contributed by atoms with van der Waals surface area (Å²) in [5.41, 5.74) is 9.23. The molecule has 7 aromatic rings. The summed E-state index contributed by atoms with van der Waals surface area (Å²) in [6.45, 7) is 6.80. The van der Waals surface area contributed by atoms with Crippen molar-refractivity contribution in [3.8, 4) is 61.8 Å². The van der Waals surface area contributed by atoms with Crippen LogP contribution in [0.5, 0.6) is 17.2 Å². The van der Waals surface area contributed by atoms with E-state index in [4.69, 9.17) is 9.47 Å². The number of phenols is 2. The van der Waals surface area contributed by atoms with Gasteiger partial charge >= 0.3 is 0 Å². The quantitative estimate of drug-likeness (QED) is 0.164. The van der Waals surface area contributed by atoms with E-state index in [1.165, 1.54) is 0 Å². The molecule has 0 unspecified atom stereocenters. The first-order valence-electron chi connectivity index (χ1n) is 16.2. The minimum atomic E-state index is 0.176. The molecule has 0 saturated carbocycles. The molecule has 0 spiro atoms. The Bertz CT molecular complexity index is 2150. The lowest BCUT2D eigenvalue weighted by molar-refractivity contribution is 0.147. The summed E-state index contributed by atoms with van der Waals surface area (Å²) in [5.74, 6) is 0.928. The molecule has 2 N–H and O–H groups in total. The van der Waals surface area contributed by atoms with Crippen LogP contribution in [0.1, 0.15) is 16.7 Å². The summed E-state index contributed by atoms with van der Waals surface area (Å²) in [4.78, 5) is 0. The van der Waals surface area contributed by atoms with Crippen molar-refractivity contribution in [2.45, 2.75) is 20.8 Å². The Morgan fingerprint density at radius 2 is 0.812 bits per heavy atom. The average Bonchev–Trinajstić information content (AvgIpc) is 3.10. The fourth-order valence-electron chi connectivity index (χ4n) is 6.86. The fourth-order valence-corrected chi connectivity index (χ4v) is 6.86. The monoisotopic (exact) mass is 630 g/mol. The van der Waals surface area contributed by atoms with Gasteiger partial charge in [0, 0.05) is 40.5 Å². The molecule has 0 amide bonds. The Morgan fingerprint density at radius 3 is 1.25 bits per heavy atom. The van der Waals surface area contributed by atoms with E-state index in [0.717, 1.165) is 71.6 Å². The van der Waals surface area contributed by atoms with Crippen LogP contribution in [-0.4, -0.2) is 30.5 Å². The molecule has 238 valence electrons. The molecule has 4 heteroatoms. The first-order valence-corrected chi connectivity index (χ1v) is 16.2. The zero-order chi connectivity index (χ0) is 33.4. The predicted molar refractivity (Wildman–Crippen MR) is 198 cm³/mol. The molecular weight excluding hydrogens is 592 g/mol. The van der Waals surface area contributed by atoms with Gasteiger partial charge in [0.05, 0.1) is 6.61 Å². The molecule has 0 aliphatic carbocycles. The average molecular weight is 631 g/mol. The maximum Gasteiger partial charge on any atom is 0.135 e. The summed E-state index contributed by atoms with van der Waals surface area (Å²) < 4.78 is 11.9. The smallest absolute Gasteiger partial charge is 0.135 e. The summed E-state index contributed by atoms with van der Waals surface area (Å²) in [5, 5.41) is 28.5. The highest BCUT2D eigenvalue weighted by atomic mass is 16.5. The molecule has 7 aromatic carbocycles. The minimum Gasteiger partial charge on any atom is -0.507 e. The number of phenolic OH excluding ortho intramolecular Hbond substituents is 2. The van der Waals surface area contributed by atoms with Gasteiger partial charge < -0.3 is 19.7 Å². The van der Waals surface area contributed by atoms with Crippen molar-refractivity contribution in [2.75, 3.05) is 20.3 Å². The standard InChI is InChI=1S/C44H38O4/c1-27-21-36(34-17-9-13-30-11-5-7-15-32(30)34)42(45)38(23-27)40-25-29(3)26-41(44(40)48-20-19-47-4)39-24-28(2)22-37(43(39)46)35-18-10-14-31-12-6-8-16-33(31)35/h5-18,21-26,45-46H,19-20H2,1-4H3. The van der Waals surface area contributed by atoms with E-state index in [1.807, 2.05) is 93.6 Å². The van der Waals surface area contributed by atoms with E-state index in [0.29, 0.717) is 30.1 Å². The third kappa shape index (κ3) is 5.65. The Balaban J connectivity index is 1.48. The Labute approximate surface area is 281 Å². The first-order chi connectivity index (χ1) is 23.3. The fraction of sp³-hybridized carbons (Fsp3) is 0.136. The van der Waals surface area contributed by atoms with Crippen LogP contribution in [0.4, 0.5) is 0 Å². The summed E-state index contributed by atoms with van der Waals surface area (Å²) in [6.07, 6.45) is 0. The van der Waals surface area contributed by atoms with Gasteiger partial charge in [0.25, 0.3) is 0 Å². The predicted octanol–water partition coefficient (Wildman–Crippen LogP) is 11.0. The number of aromatic hydroxyl groups is 2. The molecular formula is C44H38O4. The second kappa shape index (κ2) is 12.9. The molecule has 48 heavy (non-hydrogen) atoms. The Hall–Kier alpha value is -5.58. The molecule has 0 heterocycles. The maximum atomic E-state index is 12.1. The number of hydrogen-bond acceptors (Lipinski definition) is 4. The van der Waals surface area contributed by atoms with Gasteiger partial charge in [-0.25, -0.2) is 0 Å². The van der Waals surface area contributed by atoms with Gasteiger partial charge in [-0.2, -0.15) is 0 Å².